The zero-order chi connectivity index (χ0) is 21.2. The van der Waals surface area contributed by atoms with Crippen LogP contribution in [0.2, 0.25) is 10.0 Å². The summed E-state index contributed by atoms with van der Waals surface area (Å²) in [7, 11) is 0. The predicted octanol–water partition coefficient (Wildman–Crippen LogP) is 4.56. The molecular weight excluding hydrogens is 429 g/mol. The molecule has 0 N–H and O–H groups in total. The molecule has 0 aliphatic carbocycles. The largest absolute Gasteiger partial charge is 0.311 e. The predicted molar refractivity (Wildman–Crippen MR) is 126 cm³/mol. The van der Waals surface area contributed by atoms with Crippen LogP contribution in [0.15, 0.2) is 42.5 Å². The molecule has 0 radical (unpaired) electrons. The first-order valence-corrected chi connectivity index (χ1v) is 11.8. The van der Waals surface area contributed by atoms with Gasteiger partial charge in [0.1, 0.15) is 5.82 Å². The first-order valence-electron chi connectivity index (χ1n) is 11.1. The Kier molecular flexibility index (Phi) is 6.28. The minimum atomic E-state index is 0.757. The van der Waals surface area contributed by atoms with E-state index in [0.29, 0.717) is 0 Å². The van der Waals surface area contributed by atoms with Crippen LogP contribution in [-0.4, -0.2) is 57.3 Å². The molecule has 0 atom stereocenters. The van der Waals surface area contributed by atoms with Crippen molar-refractivity contribution in [3.8, 4) is 11.4 Å². The van der Waals surface area contributed by atoms with Crippen molar-refractivity contribution in [3.05, 3.63) is 69.5 Å². The number of benzene rings is 2. The summed E-state index contributed by atoms with van der Waals surface area (Å²) >= 11 is 12.4. The summed E-state index contributed by atoms with van der Waals surface area (Å²) in [4.78, 5) is 5.05. The van der Waals surface area contributed by atoms with Crippen LogP contribution in [0.3, 0.4) is 0 Å². The highest BCUT2D eigenvalue weighted by Crippen LogP contribution is 2.30. The summed E-state index contributed by atoms with van der Waals surface area (Å²) in [5.74, 6) is 2.06. The molecule has 3 heterocycles. The molecule has 2 aliphatic rings. The van der Waals surface area contributed by atoms with Crippen LogP contribution < -0.4 is 0 Å². The summed E-state index contributed by atoms with van der Waals surface area (Å²) in [6.07, 6.45) is 3.09. The van der Waals surface area contributed by atoms with E-state index in [-0.39, 0.29) is 0 Å². The minimum absolute atomic E-state index is 0.757. The molecule has 2 aromatic carbocycles. The molecule has 0 unspecified atom stereocenters. The van der Waals surface area contributed by atoms with Crippen molar-refractivity contribution < 1.29 is 0 Å². The van der Waals surface area contributed by atoms with E-state index >= 15 is 0 Å². The average molecular weight is 456 g/mol. The Morgan fingerprint density at radius 3 is 2.48 bits per heavy atom. The number of piperazine rings is 1. The highest BCUT2D eigenvalue weighted by atomic mass is 35.5. The van der Waals surface area contributed by atoms with Crippen LogP contribution in [0.25, 0.3) is 11.4 Å². The van der Waals surface area contributed by atoms with Gasteiger partial charge in [-0.3, -0.25) is 4.90 Å². The third-order valence-corrected chi connectivity index (χ3v) is 6.85. The number of hydrogen-bond acceptors (Lipinski definition) is 4. The zero-order valence-electron chi connectivity index (χ0n) is 17.6. The molecular formula is C24H27Cl2N5. The lowest BCUT2D eigenvalue weighted by molar-refractivity contribution is 0.127. The first kappa shape index (κ1) is 21.0. The van der Waals surface area contributed by atoms with Gasteiger partial charge in [-0.25, -0.2) is 0 Å². The summed E-state index contributed by atoms with van der Waals surface area (Å²) in [6, 6.07) is 14.3. The number of nitrogens with zero attached hydrogens (tertiary/aromatic N) is 5. The SMILES string of the molecule is Clc1cccc(CN2CCN(CCc3nnc4n3CCCc3ccc(Cl)cc3-4)CC2)c1. The van der Waals surface area contributed by atoms with Crippen molar-refractivity contribution in [1.82, 2.24) is 24.6 Å². The van der Waals surface area contributed by atoms with E-state index < -0.39 is 0 Å². The second kappa shape index (κ2) is 9.29. The maximum absolute atomic E-state index is 6.26. The second-order valence-corrected chi connectivity index (χ2v) is 9.37. The summed E-state index contributed by atoms with van der Waals surface area (Å²) in [5.41, 5.74) is 3.74. The van der Waals surface area contributed by atoms with Crippen LogP contribution >= 0.6 is 23.2 Å². The third-order valence-electron chi connectivity index (χ3n) is 6.38. The molecule has 5 nitrogen and oxygen atoms in total. The molecule has 0 bridgehead atoms. The second-order valence-electron chi connectivity index (χ2n) is 8.49. The van der Waals surface area contributed by atoms with Gasteiger partial charge in [0.05, 0.1) is 0 Å². The number of aromatic nitrogens is 3. The van der Waals surface area contributed by atoms with Gasteiger partial charge in [-0.2, -0.15) is 0 Å². The smallest absolute Gasteiger partial charge is 0.164 e. The number of rotatable bonds is 5. The molecule has 1 aromatic heterocycles. The average Bonchev–Trinajstić information content (AvgIpc) is 3.08. The third kappa shape index (κ3) is 4.80. The number of fused-ring (bicyclic) bond motifs is 3. The summed E-state index contributed by atoms with van der Waals surface area (Å²) in [5, 5.41) is 10.7. The Morgan fingerprint density at radius 1 is 0.839 bits per heavy atom. The first-order chi connectivity index (χ1) is 15.2. The van der Waals surface area contributed by atoms with Gasteiger partial charge in [0.15, 0.2) is 5.82 Å². The molecule has 162 valence electrons. The van der Waals surface area contributed by atoms with Crippen LogP contribution in [-0.2, 0) is 25.9 Å². The van der Waals surface area contributed by atoms with E-state index in [4.69, 9.17) is 23.2 Å². The van der Waals surface area contributed by atoms with Gasteiger partial charge >= 0.3 is 0 Å². The summed E-state index contributed by atoms with van der Waals surface area (Å²) < 4.78 is 2.30. The highest BCUT2D eigenvalue weighted by molar-refractivity contribution is 6.31. The maximum Gasteiger partial charge on any atom is 0.164 e. The van der Waals surface area contributed by atoms with Crippen LogP contribution in [0.4, 0.5) is 0 Å². The zero-order valence-corrected chi connectivity index (χ0v) is 19.1. The van der Waals surface area contributed by atoms with Gasteiger partial charge in [-0.1, -0.05) is 41.4 Å². The lowest BCUT2D eigenvalue weighted by Gasteiger charge is -2.34. The van der Waals surface area contributed by atoms with Crippen molar-refractivity contribution in [2.24, 2.45) is 0 Å². The molecule has 5 rings (SSSR count). The van der Waals surface area contributed by atoms with Crippen molar-refractivity contribution in [2.45, 2.75) is 32.4 Å². The van der Waals surface area contributed by atoms with Gasteiger partial charge in [0.25, 0.3) is 0 Å². The van der Waals surface area contributed by atoms with E-state index in [2.05, 4.69) is 42.8 Å². The molecule has 7 heteroatoms. The minimum Gasteiger partial charge on any atom is -0.311 e. The van der Waals surface area contributed by atoms with E-state index in [1.165, 1.54) is 11.1 Å². The molecule has 1 fully saturated rings. The van der Waals surface area contributed by atoms with Crippen LogP contribution in [0.1, 0.15) is 23.4 Å². The Hall–Kier alpha value is -1.92. The molecule has 0 amide bonds. The number of halogens is 2. The molecule has 31 heavy (non-hydrogen) atoms. The lowest BCUT2D eigenvalue weighted by atomic mass is 10.0. The molecule has 3 aromatic rings. The monoisotopic (exact) mass is 455 g/mol. The van der Waals surface area contributed by atoms with Gasteiger partial charge < -0.3 is 9.47 Å². The summed E-state index contributed by atoms with van der Waals surface area (Å²) in [6.45, 7) is 7.28. The van der Waals surface area contributed by atoms with Crippen molar-refractivity contribution in [1.29, 1.82) is 0 Å². The topological polar surface area (TPSA) is 37.2 Å². The van der Waals surface area contributed by atoms with Gasteiger partial charge in [0.2, 0.25) is 0 Å². The molecule has 1 saturated heterocycles. The van der Waals surface area contributed by atoms with Crippen molar-refractivity contribution in [2.75, 3.05) is 32.7 Å². The van der Waals surface area contributed by atoms with Gasteiger partial charge in [0, 0.05) is 67.8 Å². The van der Waals surface area contributed by atoms with E-state index in [1.54, 1.807) is 0 Å². The molecule has 0 saturated carbocycles. The Morgan fingerprint density at radius 2 is 1.65 bits per heavy atom. The highest BCUT2D eigenvalue weighted by Gasteiger charge is 2.22. The maximum atomic E-state index is 6.26. The van der Waals surface area contributed by atoms with Crippen molar-refractivity contribution in [3.63, 3.8) is 0 Å². The lowest BCUT2D eigenvalue weighted by Crippen LogP contribution is -2.46. The quantitative estimate of drug-likeness (QED) is 0.564. The fraction of sp³-hybridized carbons (Fsp3) is 0.417. The van der Waals surface area contributed by atoms with Crippen molar-refractivity contribution >= 4 is 23.2 Å². The van der Waals surface area contributed by atoms with Gasteiger partial charge in [-0.05, 0) is 48.2 Å². The Labute approximate surface area is 193 Å². The van der Waals surface area contributed by atoms with Crippen LogP contribution in [0, 0.1) is 0 Å². The fourth-order valence-electron chi connectivity index (χ4n) is 4.68. The normalized spacial score (nSPS) is 17.2. The number of hydrogen-bond donors (Lipinski definition) is 0. The van der Waals surface area contributed by atoms with Crippen LogP contribution in [0.5, 0.6) is 0 Å². The van der Waals surface area contributed by atoms with Gasteiger partial charge in [-0.15, -0.1) is 10.2 Å². The standard InChI is InChI=1S/C24H27Cl2N5/c25-20-5-1-3-18(15-20)17-30-13-11-29(12-14-30)10-8-23-27-28-24-22-16-21(26)7-6-19(22)4-2-9-31(23)24/h1,3,5-7,15-16H,2,4,8-14,17H2. The van der Waals surface area contributed by atoms with E-state index in [9.17, 15) is 0 Å². The molecule has 0 spiro atoms. The molecule has 2 aliphatic heterocycles. The van der Waals surface area contributed by atoms with E-state index in [0.717, 1.165) is 92.3 Å². The number of aryl methyl sites for hydroxylation is 1. The fourth-order valence-corrected chi connectivity index (χ4v) is 5.06. The Bertz CT molecular complexity index is 1060. The van der Waals surface area contributed by atoms with E-state index in [1.807, 2.05) is 24.3 Å². The Balaban J connectivity index is 1.19.